The number of nitrogens with one attached hydrogen (secondary N) is 1. The first kappa shape index (κ1) is 17.2. The number of hydrogen-bond acceptors (Lipinski definition) is 2. The molecule has 0 unspecified atom stereocenters. The van der Waals surface area contributed by atoms with E-state index in [1.165, 1.54) is 0 Å². The molecule has 0 bridgehead atoms. The fourth-order valence-corrected chi connectivity index (χ4v) is 3.30. The van der Waals surface area contributed by atoms with E-state index < -0.39 is 0 Å². The zero-order chi connectivity index (χ0) is 17.8. The molecule has 4 nitrogen and oxygen atoms in total. The molecule has 0 spiro atoms. The minimum absolute atomic E-state index is 0.00709. The summed E-state index contributed by atoms with van der Waals surface area (Å²) in [7, 11) is 0. The van der Waals surface area contributed by atoms with Crippen molar-refractivity contribution in [3.63, 3.8) is 0 Å². The Hall–Kier alpha value is -2.62. The summed E-state index contributed by atoms with van der Waals surface area (Å²) in [4.78, 5) is 27.1. The maximum Gasteiger partial charge on any atom is 0.253 e. The fourth-order valence-electron chi connectivity index (χ4n) is 3.30. The van der Waals surface area contributed by atoms with E-state index in [0.717, 1.165) is 29.7 Å². The number of likely N-dealkylation sites (tertiary alicyclic amines) is 1. The van der Waals surface area contributed by atoms with Crippen molar-refractivity contribution < 1.29 is 9.59 Å². The standard InChI is InChI=1S/C21H24N2O2/c1-15-6-3-8-17(12-15)21(25)23-11-5-9-18(14-23)20(24)22-19-10-4-7-16(2)13-19/h3-4,6-8,10,12-13,18H,5,9,11,14H2,1-2H3,(H,22,24)/t18-/m0/s1. The molecule has 0 aliphatic carbocycles. The number of piperidine rings is 1. The fraction of sp³-hybridized carbons (Fsp3) is 0.333. The molecule has 1 N–H and O–H groups in total. The van der Waals surface area contributed by atoms with Crippen molar-refractivity contribution in [1.82, 2.24) is 4.90 Å². The van der Waals surface area contributed by atoms with Crippen LogP contribution in [0.3, 0.4) is 0 Å². The van der Waals surface area contributed by atoms with Gasteiger partial charge in [0.05, 0.1) is 5.92 Å². The molecule has 1 aliphatic heterocycles. The van der Waals surface area contributed by atoms with Crippen molar-refractivity contribution in [2.45, 2.75) is 26.7 Å². The number of carbonyl (C=O) groups is 2. The third-order valence-corrected chi connectivity index (χ3v) is 4.63. The number of hydrogen-bond donors (Lipinski definition) is 1. The first-order chi connectivity index (χ1) is 12.0. The van der Waals surface area contributed by atoms with Crippen molar-refractivity contribution >= 4 is 17.5 Å². The largest absolute Gasteiger partial charge is 0.338 e. The maximum atomic E-state index is 12.7. The average Bonchev–Trinajstić information content (AvgIpc) is 2.61. The van der Waals surface area contributed by atoms with Crippen LogP contribution >= 0.6 is 0 Å². The second-order valence-electron chi connectivity index (χ2n) is 6.82. The first-order valence-electron chi connectivity index (χ1n) is 8.76. The van der Waals surface area contributed by atoms with Gasteiger partial charge in [0, 0.05) is 24.3 Å². The predicted octanol–water partition coefficient (Wildman–Crippen LogP) is 3.79. The number of aryl methyl sites for hydroxylation is 2. The lowest BCUT2D eigenvalue weighted by atomic mass is 9.96. The van der Waals surface area contributed by atoms with Crippen LogP contribution in [0.25, 0.3) is 0 Å². The lowest BCUT2D eigenvalue weighted by Gasteiger charge is -2.32. The normalized spacial score (nSPS) is 17.2. The highest BCUT2D eigenvalue weighted by Crippen LogP contribution is 2.21. The third-order valence-electron chi connectivity index (χ3n) is 4.63. The molecule has 2 aromatic rings. The Morgan fingerprint density at radius 1 is 1.04 bits per heavy atom. The summed E-state index contributed by atoms with van der Waals surface area (Å²) >= 11 is 0. The lowest BCUT2D eigenvalue weighted by molar-refractivity contribution is -0.121. The van der Waals surface area contributed by atoms with E-state index in [1.807, 2.05) is 62.4 Å². The Kier molecular flexibility index (Phi) is 5.17. The maximum absolute atomic E-state index is 12.7. The Labute approximate surface area is 148 Å². The predicted molar refractivity (Wildman–Crippen MR) is 99.6 cm³/mol. The first-order valence-corrected chi connectivity index (χ1v) is 8.76. The summed E-state index contributed by atoms with van der Waals surface area (Å²) in [5, 5.41) is 2.98. The van der Waals surface area contributed by atoms with Gasteiger partial charge in [0.15, 0.2) is 0 Å². The minimum Gasteiger partial charge on any atom is -0.338 e. The zero-order valence-corrected chi connectivity index (χ0v) is 14.8. The molecule has 2 amide bonds. The molecule has 130 valence electrons. The Morgan fingerprint density at radius 2 is 1.76 bits per heavy atom. The molecule has 0 aromatic heterocycles. The Bertz CT molecular complexity index is 785. The van der Waals surface area contributed by atoms with Gasteiger partial charge in [-0.3, -0.25) is 9.59 Å². The summed E-state index contributed by atoms with van der Waals surface area (Å²) in [6.07, 6.45) is 1.67. The monoisotopic (exact) mass is 336 g/mol. The van der Waals surface area contributed by atoms with E-state index in [9.17, 15) is 9.59 Å². The number of amides is 2. The number of anilines is 1. The molecule has 4 heteroatoms. The highest BCUT2D eigenvalue weighted by Gasteiger charge is 2.29. The molecule has 1 saturated heterocycles. The molecule has 1 fully saturated rings. The van der Waals surface area contributed by atoms with Gasteiger partial charge >= 0.3 is 0 Å². The third kappa shape index (κ3) is 4.27. The van der Waals surface area contributed by atoms with Crippen molar-refractivity contribution in [2.24, 2.45) is 5.92 Å². The molecule has 2 aromatic carbocycles. The number of benzene rings is 2. The topological polar surface area (TPSA) is 49.4 Å². The molecule has 25 heavy (non-hydrogen) atoms. The summed E-state index contributed by atoms with van der Waals surface area (Å²) in [6, 6.07) is 15.4. The highest BCUT2D eigenvalue weighted by atomic mass is 16.2. The van der Waals surface area contributed by atoms with Crippen LogP contribution in [0.15, 0.2) is 48.5 Å². The molecule has 1 aliphatic rings. The van der Waals surface area contributed by atoms with E-state index >= 15 is 0 Å². The van der Waals surface area contributed by atoms with Crippen LogP contribution in [-0.4, -0.2) is 29.8 Å². The number of rotatable bonds is 3. The van der Waals surface area contributed by atoms with Crippen LogP contribution < -0.4 is 5.32 Å². The van der Waals surface area contributed by atoms with Gasteiger partial charge in [0.1, 0.15) is 0 Å². The summed E-state index contributed by atoms with van der Waals surface area (Å²) in [5.41, 5.74) is 3.68. The van der Waals surface area contributed by atoms with E-state index in [0.29, 0.717) is 18.7 Å². The van der Waals surface area contributed by atoms with Crippen molar-refractivity contribution in [2.75, 3.05) is 18.4 Å². The molecule has 1 heterocycles. The van der Waals surface area contributed by atoms with E-state index in [1.54, 1.807) is 4.90 Å². The Balaban J connectivity index is 1.66. The number of nitrogens with zero attached hydrogens (tertiary/aromatic N) is 1. The summed E-state index contributed by atoms with van der Waals surface area (Å²) in [5.74, 6) is -0.160. The van der Waals surface area contributed by atoms with Gasteiger partial charge in [-0.15, -0.1) is 0 Å². The van der Waals surface area contributed by atoms with Crippen molar-refractivity contribution in [1.29, 1.82) is 0 Å². The molecule has 0 saturated carbocycles. The van der Waals surface area contributed by atoms with Gasteiger partial charge in [-0.05, 0) is 56.5 Å². The van der Waals surface area contributed by atoms with Gasteiger partial charge in [0.25, 0.3) is 5.91 Å². The van der Waals surface area contributed by atoms with Gasteiger partial charge in [-0.25, -0.2) is 0 Å². The number of carbonyl (C=O) groups excluding carboxylic acids is 2. The lowest BCUT2D eigenvalue weighted by Crippen LogP contribution is -2.43. The molecular weight excluding hydrogens is 312 g/mol. The van der Waals surface area contributed by atoms with Crippen LogP contribution in [-0.2, 0) is 4.79 Å². The van der Waals surface area contributed by atoms with Crippen LogP contribution in [0.4, 0.5) is 5.69 Å². The van der Waals surface area contributed by atoms with E-state index in [2.05, 4.69) is 5.32 Å². The van der Waals surface area contributed by atoms with E-state index in [-0.39, 0.29) is 17.7 Å². The van der Waals surface area contributed by atoms with Gasteiger partial charge in [-0.1, -0.05) is 29.8 Å². The summed E-state index contributed by atoms with van der Waals surface area (Å²) < 4.78 is 0. The molecular formula is C21H24N2O2. The van der Waals surface area contributed by atoms with Gasteiger partial charge < -0.3 is 10.2 Å². The van der Waals surface area contributed by atoms with E-state index in [4.69, 9.17) is 0 Å². The average molecular weight is 336 g/mol. The molecule has 3 rings (SSSR count). The second-order valence-corrected chi connectivity index (χ2v) is 6.82. The minimum atomic E-state index is -0.164. The molecule has 1 atom stereocenters. The van der Waals surface area contributed by atoms with Gasteiger partial charge in [-0.2, -0.15) is 0 Å². The Morgan fingerprint density at radius 3 is 2.48 bits per heavy atom. The quantitative estimate of drug-likeness (QED) is 0.927. The second kappa shape index (κ2) is 7.51. The van der Waals surface area contributed by atoms with Crippen LogP contribution in [0.1, 0.15) is 34.3 Å². The zero-order valence-electron chi connectivity index (χ0n) is 14.8. The van der Waals surface area contributed by atoms with Crippen molar-refractivity contribution in [3.8, 4) is 0 Å². The smallest absolute Gasteiger partial charge is 0.253 e. The SMILES string of the molecule is Cc1cccc(NC(=O)[C@H]2CCCN(C(=O)c3cccc(C)c3)C2)c1. The van der Waals surface area contributed by atoms with Crippen LogP contribution in [0, 0.1) is 19.8 Å². The van der Waals surface area contributed by atoms with Crippen LogP contribution in [0.2, 0.25) is 0 Å². The molecule has 0 radical (unpaired) electrons. The van der Waals surface area contributed by atoms with Gasteiger partial charge in [0.2, 0.25) is 5.91 Å². The van der Waals surface area contributed by atoms with Crippen LogP contribution in [0.5, 0.6) is 0 Å². The highest BCUT2D eigenvalue weighted by molar-refractivity contribution is 5.96. The van der Waals surface area contributed by atoms with Crippen molar-refractivity contribution in [3.05, 3.63) is 65.2 Å². The summed E-state index contributed by atoms with van der Waals surface area (Å²) in [6.45, 7) is 5.16.